The van der Waals surface area contributed by atoms with E-state index in [0.717, 1.165) is 17.2 Å². The Labute approximate surface area is 91.5 Å². The van der Waals surface area contributed by atoms with Crippen LogP contribution in [0.4, 0.5) is 11.6 Å². The molecule has 2 N–H and O–H groups in total. The lowest BCUT2D eigenvalue weighted by molar-refractivity contribution is 0.545. The largest absolute Gasteiger partial charge is 0.383 e. The van der Waals surface area contributed by atoms with E-state index in [1.165, 1.54) is 0 Å². The molecule has 0 aromatic carbocycles. The lowest BCUT2D eigenvalue weighted by Gasteiger charge is -2.22. The second-order valence-corrected chi connectivity index (χ2v) is 5.03. The lowest BCUT2D eigenvalue weighted by atomic mass is 9.95. The van der Waals surface area contributed by atoms with E-state index in [1.807, 2.05) is 25.9 Å². The Kier molecular flexibility index (Phi) is 2.88. The van der Waals surface area contributed by atoms with Crippen molar-refractivity contribution in [3.63, 3.8) is 0 Å². The molecule has 1 heterocycles. The molecule has 15 heavy (non-hydrogen) atoms. The third kappa shape index (κ3) is 2.37. The quantitative estimate of drug-likeness (QED) is 0.763. The van der Waals surface area contributed by atoms with Gasteiger partial charge in [0.1, 0.15) is 17.5 Å². The van der Waals surface area contributed by atoms with Crippen LogP contribution in [0.3, 0.4) is 0 Å². The highest BCUT2D eigenvalue weighted by Gasteiger charge is 2.20. The summed E-state index contributed by atoms with van der Waals surface area (Å²) in [4.78, 5) is 10.8. The van der Waals surface area contributed by atoms with Crippen LogP contribution in [0, 0.1) is 6.92 Å². The van der Waals surface area contributed by atoms with Gasteiger partial charge in [-0.2, -0.15) is 0 Å². The lowest BCUT2D eigenvalue weighted by Crippen LogP contribution is -2.22. The number of rotatable bonds is 1. The van der Waals surface area contributed by atoms with E-state index >= 15 is 0 Å². The minimum atomic E-state index is -0.0768. The smallest absolute Gasteiger partial charge is 0.138 e. The normalized spacial score (nSPS) is 11.6. The van der Waals surface area contributed by atoms with E-state index in [-0.39, 0.29) is 5.41 Å². The van der Waals surface area contributed by atoms with Crippen molar-refractivity contribution in [1.82, 2.24) is 9.97 Å². The molecule has 4 heteroatoms. The van der Waals surface area contributed by atoms with Gasteiger partial charge in [-0.1, -0.05) is 20.8 Å². The van der Waals surface area contributed by atoms with Gasteiger partial charge in [0.05, 0.1) is 0 Å². The van der Waals surface area contributed by atoms with E-state index in [9.17, 15) is 0 Å². The summed E-state index contributed by atoms with van der Waals surface area (Å²) in [7, 11) is 3.92. The number of nitrogens with two attached hydrogens (primary N) is 1. The molecule has 1 aromatic heterocycles. The standard InChI is InChI=1S/C11H20N4/c1-7-8(12)13-10(11(2,3)4)14-9(7)15(5)6/h1-6H3,(H2,12,13,14). The van der Waals surface area contributed by atoms with Crippen LogP contribution in [0.15, 0.2) is 0 Å². The van der Waals surface area contributed by atoms with E-state index in [4.69, 9.17) is 5.73 Å². The van der Waals surface area contributed by atoms with Crippen molar-refractivity contribution in [3.8, 4) is 0 Å². The van der Waals surface area contributed by atoms with Crippen LogP contribution >= 0.6 is 0 Å². The van der Waals surface area contributed by atoms with E-state index in [1.54, 1.807) is 0 Å². The summed E-state index contributed by atoms with van der Waals surface area (Å²) in [5.74, 6) is 2.25. The van der Waals surface area contributed by atoms with E-state index in [0.29, 0.717) is 5.82 Å². The Bertz CT molecular complexity index is 364. The minimum absolute atomic E-state index is 0.0768. The number of hydrogen-bond acceptors (Lipinski definition) is 4. The predicted molar refractivity (Wildman–Crippen MR) is 64.2 cm³/mol. The van der Waals surface area contributed by atoms with Crippen molar-refractivity contribution >= 4 is 11.6 Å². The highest BCUT2D eigenvalue weighted by Crippen LogP contribution is 2.25. The summed E-state index contributed by atoms with van der Waals surface area (Å²) >= 11 is 0. The van der Waals surface area contributed by atoms with Crippen molar-refractivity contribution < 1.29 is 0 Å². The number of aromatic nitrogens is 2. The van der Waals surface area contributed by atoms with Crippen molar-refractivity contribution in [2.75, 3.05) is 24.7 Å². The van der Waals surface area contributed by atoms with Crippen LogP contribution in [0.5, 0.6) is 0 Å². The molecule has 0 aliphatic carbocycles. The first-order valence-corrected chi connectivity index (χ1v) is 5.05. The molecular formula is C11H20N4. The number of hydrogen-bond donors (Lipinski definition) is 1. The molecule has 0 amide bonds. The molecular weight excluding hydrogens is 188 g/mol. The van der Waals surface area contributed by atoms with Gasteiger partial charge < -0.3 is 10.6 Å². The zero-order chi connectivity index (χ0) is 11.8. The van der Waals surface area contributed by atoms with Gasteiger partial charge in [0, 0.05) is 25.1 Å². The van der Waals surface area contributed by atoms with Gasteiger partial charge in [0.2, 0.25) is 0 Å². The molecule has 1 aromatic rings. The van der Waals surface area contributed by atoms with Crippen LogP contribution in [-0.4, -0.2) is 24.1 Å². The fourth-order valence-corrected chi connectivity index (χ4v) is 1.29. The fraction of sp³-hybridized carbons (Fsp3) is 0.636. The SMILES string of the molecule is Cc1c(N)nc(C(C)(C)C)nc1N(C)C. The highest BCUT2D eigenvalue weighted by molar-refractivity contribution is 5.56. The molecule has 1 rings (SSSR count). The molecule has 0 saturated carbocycles. The number of nitrogen functional groups attached to an aromatic ring is 1. The summed E-state index contributed by atoms with van der Waals surface area (Å²) in [6, 6.07) is 0. The molecule has 4 nitrogen and oxygen atoms in total. The van der Waals surface area contributed by atoms with E-state index in [2.05, 4.69) is 30.7 Å². The molecule has 0 unspecified atom stereocenters. The van der Waals surface area contributed by atoms with Crippen molar-refractivity contribution in [1.29, 1.82) is 0 Å². The van der Waals surface area contributed by atoms with Crippen molar-refractivity contribution in [2.45, 2.75) is 33.1 Å². The molecule has 84 valence electrons. The average molecular weight is 208 g/mol. The molecule has 0 saturated heterocycles. The Morgan fingerprint density at radius 1 is 1.13 bits per heavy atom. The molecule has 0 aliphatic rings. The van der Waals surface area contributed by atoms with Crippen LogP contribution in [0.2, 0.25) is 0 Å². The molecule has 0 aliphatic heterocycles. The maximum Gasteiger partial charge on any atom is 0.138 e. The zero-order valence-electron chi connectivity index (χ0n) is 10.4. The van der Waals surface area contributed by atoms with Crippen LogP contribution in [0.25, 0.3) is 0 Å². The Balaban J connectivity index is 3.36. The summed E-state index contributed by atoms with van der Waals surface area (Å²) < 4.78 is 0. The molecule has 0 spiro atoms. The summed E-state index contributed by atoms with van der Waals surface area (Å²) in [5, 5.41) is 0. The minimum Gasteiger partial charge on any atom is -0.383 e. The summed E-state index contributed by atoms with van der Waals surface area (Å²) in [6.07, 6.45) is 0. The first-order chi connectivity index (χ1) is 6.73. The maximum atomic E-state index is 5.88. The maximum absolute atomic E-state index is 5.88. The third-order valence-electron chi connectivity index (χ3n) is 2.25. The van der Waals surface area contributed by atoms with Gasteiger partial charge in [0.25, 0.3) is 0 Å². The van der Waals surface area contributed by atoms with Crippen LogP contribution in [-0.2, 0) is 5.41 Å². The highest BCUT2D eigenvalue weighted by atomic mass is 15.2. The second-order valence-electron chi connectivity index (χ2n) is 5.03. The molecule has 0 bridgehead atoms. The Morgan fingerprint density at radius 3 is 2.07 bits per heavy atom. The average Bonchev–Trinajstić information content (AvgIpc) is 2.06. The Hall–Kier alpha value is -1.32. The fourth-order valence-electron chi connectivity index (χ4n) is 1.29. The topological polar surface area (TPSA) is 55.0 Å². The van der Waals surface area contributed by atoms with Crippen LogP contribution < -0.4 is 10.6 Å². The van der Waals surface area contributed by atoms with Gasteiger partial charge in [0.15, 0.2) is 0 Å². The molecule has 0 atom stereocenters. The van der Waals surface area contributed by atoms with Gasteiger partial charge in [-0.25, -0.2) is 9.97 Å². The second kappa shape index (κ2) is 3.68. The van der Waals surface area contributed by atoms with Crippen molar-refractivity contribution in [3.05, 3.63) is 11.4 Å². The predicted octanol–water partition coefficient (Wildman–Crippen LogP) is 1.73. The van der Waals surface area contributed by atoms with Gasteiger partial charge in [-0.05, 0) is 6.92 Å². The molecule has 0 radical (unpaired) electrons. The first kappa shape index (κ1) is 11.8. The van der Waals surface area contributed by atoms with Gasteiger partial charge >= 0.3 is 0 Å². The monoisotopic (exact) mass is 208 g/mol. The van der Waals surface area contributed by atoms with Crippen molar-refractivity contribution in [2.24, 2.45) is 0 Å². The summed E-state index contributed by atoms with van der Waals surface area (Å²) in [6.45, 7) is 8.18. The zero-order valence-corrected chi connectivity index (χ0v) is 10.4. The van der Waals surface area contributed by atoms with E-state index < -0.39 is 0 Å². The number of nitrogens with zero attached hydrogens (tertiary/aromatic N) is 3. The summed E-state index contributed by atoms with van der Waals surface area (Å²) in [5.41, 5.74) is 6.74. The number of anilines is 2. The molecule has 0 fully saturated rings. The van der Waals surface area contributed by atoms with Gasteiger partial charge in [-0.3, -0.25) is 0 Å². The third-order valence-corrected chi connectivity index (χ3v) is 2.25. The Morgan fingerprint density at radius 2 is 1.67 bits per heavy atom. The first-order valence-electron chi connectivity index (χ1n) is 5.05. The van der Waals surface area contributed by atoms with Gasteiger partial charge in [-0.15, -0.1) is 0 Å². The van der Waals surface area contributed by atoms with Crippen LogP contribution in [0.1, 0.15) is 32.2 Å².